The van der Waals surface area contributed by atoms with Gasteiger partial charge in [0.15, 0.2) is 5.78 Å². The van der Waals surface area contributed by atoms with Crippen LogP contribution in [-0.2, 0) is 17.8 Å². The number of benzene rings is 1. The summed E-state index contributed by atoms with van der Waals surface area (Å²) >= 11 is 0. The second-order valence-corrected chi connectivity index (χ2v) is 5.69. The molecule has 3 nitrogen and oxygen atoms in total. The first kappa shape index (κ1) is 14.1. The van der Waals surface area contributed by atoms with E-state index in [1.807, 2.05) is 18.2 Å². The van der Waals surface area contributed by atoms with Crippen molar-refractivity contribution in [3.8, 4) is 0 Å². The highest BCUT2D eigenvalue weighted by molar-refractivity contribution is 5.96. The fourth-order valence-corrected chi connectivity index (χ4v) is 3.14. The van der Waals surface area contributed by atoms with Gasteiger partial charge < -0.3 is 4.57 Å². The number of hydrogen-bond acceptors (Lipinski definition) is 2. The molecular formula is C18H22N2O. The van der Waals surface area contributed by atoms with Gasteiger partial charge in [0.05, 0.1) is 17.5 Å². The van der Waals surface area contributed by atoms with Gasteiger partial charge in [-0.15, -0.1) is 0 Å². The second-order valence-electron chi connectivity index (χ2n) is 5.69. The molecule has 3 rings (SSSR count). The van der Waals surface area contributed by atoms with Crippen molar-refractivity contribution in [1.82, 2.24) is 9.55 Å². The van der Waals surface area contributed by atoms with Gasteiger partial charge in [-0.1, -0.05) is 24.6 Å². The van der Waals surface area contributed by atoms with Crippen LogP contribution in [-0.4, -0.2) is 15.3 Å². The van der Waals surface area contributed by atoms with Gasteiger partial charge in [0.2, 0.25) is 0 Å². The number of Topliss-reactive ketones (excluding diaryl/α,β-unsaturated/α-hetero) is 1. The van der Waals surface area contributed by atoms with Crippen LogP contribution in [0.2, 0.25) is 0 Å². The van der Waals surface area contributed by atoms with Crippen LogP contribution in [0.3, 0.4) is 0 Å². The molecule has 1 aliphatic rings. The van der Waals surface area contributed by atoms with Crippen LogP contribution < -0.4 is 0 Å². The summed E-state index contributed by atoms with van der Waals surface area (Å²) in [6.45, 7) is 2.95. The monoisotopic (exact) mass is 282 g/mol. The highest BCUT2D eigenvalue weighted by atomic mass is 16.1. The Hall–Kier alpha value is -1.90. The van der Waals surface area contributed by atoms with Crippen LogP contribution in [0, 0.1) is 0 Å². The Bertz CT molecular complexity index is 682. The lowest BCUT2D eigenvalue weighted by Crippen LogP contribution is -2.11. The second kappa shape index (κ2) is 6.25. The summed E-state index contributed by atoms with van der Waals surface area (Å²) in [6.07, 6.45) is 8.14. The predicted octanol–water partition coefficient (Wildman–Crippen LogP) is 4.06. The Kier molecular flexibility index (Phi) is 4.18. The third kappa shape index (κ3) is 2.92. The average Bonchev–Trinajstić information content (AvgIpc) is 2.67. The molecule has 110 valence electrons. The zero-order valence-corrected chi connectivity index (χ0v) is 12.6. The van der Waals surface area contributed by atoms with E-state index < -0.39 is 0 Å². The van der Waals surface area contributed by atoms with Crippen molar-refractivity contribution in [3.05, 3.63) is 41.7 Å². The number of nitrogens with zero attached hydrogens (tertiary/aromatic N) is 2. The first-order valence-electron chi connectivity index (χ1n) is 7.96. The molecular weight excluding hydrogens is 260 g/mol. The van der Waals surface area contributed by atoms with Gasteiger partial charge in [-0.25, -0.2) is 4.98 Å². The predicted molar refractivity (Wildman–Crippen MR) is 85.3 cm³/mol. The summed E-state index contributed by atoms with van der Waals surface area (Å²) in [6, 6.07) is 8.11. The Morgan fingerprint density at radius 1 is 1.24 bits per heavy atom. The van der Waals surface area contributed by atoms with Crippen LogP contribution >= 0.6 is 0 Å². The lowest BCUT2D eigenvalue weighted by atomic mass is 10.0. The van der Waals surface area contributed by atoms with E-state index in [0.29, 0.717) is 6.42 Å². The maximum absolute atomic E-state index is 12.5. The number of allylic oxidation sites excluding steroid dienone is 2. The summed E-state index contributed by atoms with van der Waals surface area (Å²) in [5.41, 5.74) is 3.12. The van der Waals surface area contributed by atoms with Crippen LogP contribution in [0.15, 0.2) is 35.9 Å². The molecule has 1 aromatic heterocycles. The van der Waals surface area contributed by atoms with E-state index in [1.165, 1.54) is 12.8 Å². The minimum absolute atomic E-state index is 0.252. The average molecular weight is 282 g/mol. The SMILES string of the molecule is CCn1c(CC(=O)C2=CCCCCC2)nc2ccccc21. The first-order chi connectivity index (χ1) is 10.3. The third-order valence-corrected chi connectivity index (χ3v) is 4.27. The van der Waals surface area contributed by atoms with Gasteiger partial charge in [-0.3, -0.25) is 4.79 Å². The van der Waals surface area contributed by atoms with Crippen molar-refractivity contribution >= 4 is 16.8 Å². The summed E-state index contributed by atoms with van der Waals surface area (Å²) in [5, 5.41) is 0. The Morgan fingerprint density at radius 3 is 2.95 bits per heavy atom. The van der Waals surface area contributed by atoms with Crippen molar-refractivity contribution in [1.29, 1.82) is 0 Å². The lowest BCUT2D eigenvalue weighted by molar-refractivity contribution is -0.115. The van der Waals surface area contributed by atoms with Crippen LogP contribution in [0.1, 0.15) is 44.9 Å². The maximum atomic E-state index is 12.5. The molecule has 0 unspecified atom stereocenters. The zero-order valence-electron chi connectivity index (χ0n) is 12.6. The fourth-order valence-electron chi connectivity index (χ4n) is 3.14. The van der Waals surface area contributed by atoms with E-state index in [4.69, 9.17) is 0 Å². The molecule has 0 N–H and O–H groups in total. The zero-order chi connectivity index (χ0) is 14.7. The van der Waals surface area contributed by atoms with Gasteiger partial charge in [-0.05, 0) is 50.3 Å². The molecule has 1 heterocycles. The molecule has 0 spiro atoms. The molecule has 0 bridgehead atoms. The van der Waals surface area contributed by atoms with Crippen molar-refractivity contribution < 1.29 is 4.79 Å². The highest BCUT2D eigenvalue weighted by Gasteiger charge is 2.16. The Labute approximate surface area is 125 Å². The van der Waals surface area contributed by atoms with Gasteiger partial charge in [0.25, 0.3) is 0 Å². The van der Waals surface area contributed by atoms with E-state index in [1.54, 1.807) is 0 Å². The van der Waals surface area contributed by atoms with Gasteiger partial charge in [0.1, 0.15) is 5.82 Å². The molecule has 2 aromatic rings. The third-order valence-electron chi connectivity index (χ3n) is 4.27. The standard InChI is InChI=1S/C18H22N2O/c1-2-20-16-12-8-7-11-15(16)19-18(20)13-17(21)14-9-5-3-4-6-10-14/h7-9,11-12H,2-6,10,13H2,1H3. The number of imidazole rings is 1. The molecule has 1 aromatic carbocycles. The highest BCUT2D eigenvalue weighted by Crippen LogP contribution is 2.21. The van der Waals surface area contributed by atoms with E-state index in [2.05, 4.69) is 28.6 Å². The summed E-state index contributed by atoms with van der Waals surface area (Å²) in [4.78, 5) is 17.2. The number of aryl methyl sites for hydroxylation is 1. The molecule has 0 saturated heterocycles. The lowest BCUT2D eigenvalue weighted by Gasteiger charge is -2.07. The van der Waals surface area contributed by atoms with Gasteiger partial charge in [-0.2, -0.15) is 0 Å². The smallest absolute Gasteiger partial charge is 0.166 e. The number of fused-ring (bicyclic) bond motifs is 1. The number of hydrogen-bond donors (Lipinski definition) is 0. The number of aromatic nitrogens is 2. The molecule has 0 aliphatic heterocycles. The van der Waals surface area contributed by atoms with Crippen LogP contribution in [0.4, 0.5) is 0 Å². The van der Waals surface area contributed by atoms with E-state index in [0.717, 1.165) is 48.2 Å². The number of rotatable bonds is 4. The number of carbonyl (C=O) groups is 1. The number of carbonyl (C=O) groups excluding carboxylic acids is 1. The van der Waals surface area contributed by atoms with Gasteiger partial charge in [0, 0.05) is 6.54 Å². The van der Waals surface area contributed by atoms with E-state index in [9.17, 15) is 4.79 Å². The number of ketones is 1. The van der Waals surface area contributed by atoms with Crippen molar-refractivity contribution in [3.63, 3.8) is 0 Å². The van der Waals surface area contributed by atoms with Gasteiger partial charge >= 0.3 is 0 Å². The summed E-state index contributed by atoms with van der Waals surface area (Å²) in [7, 11) is 0. The fraction of sp³-hybridized carbons (Fsp3) is 0.444. The minimum Gasteiger partial charge on any atom is -0.328 e. The van der Waals surface area contributed by atoms with Crippen molar-refractivity contribution in [2.24, 2.45) is 0 Å². The topological polar surface area (TPSA) is 34.9 Å². The quantitative estimate of drug-likeness (QED) is 0.847. The Morgan fingerprint density at radius 2 is 2.10 bits per heavy atom. The maximum Gasteiger partial charge on any atom is 0.166 e. The minimum atomic E-state index is 0.252. The molecule has 0 radical (unpaired) electrons. The van der Waals surface area contributed by atoms with E-state index in [-0.39, 0.29) is 5.78 Å². The molecule has 0 amide bonds. The van der Waals surface area contributed by atoms with E-state index >= 15 is 0 Å². The molecule has 1 aliphatic carbocycles. The molecule has 3 heteroatoms. The number of para-hydroxylation sites is 2. The molecule has 21 heavy (non-hydrogen) atoms. The van der Waals surface area contributed by atoms with Crippen molar-refractivity contribution in [2.45, 2.75) is 52.0 Å². The van der Waals surface area contributed by atoms with Crippen molar-refractivity contribution in [2.75, 3.05) is 0 Å². The largest absolute Gasteiger partial charge is 0.328 e. The normalized spacial score (nSPS) is 15.8. The Balaban J connectivity index is 1.87. The molecule has 0 atom stereocenters. The van der Waals surface area contributed by atoms with Crippen LogP contribution in [0.5, 0.6) is 0 Å². The summed E-state index contributed by atoms with van der Waals surface area (Å²) < 4.78 is 2.16. The first-order valence-corrected chi connectivity index (χ1v) is 7.96. The summed E-state index contributed by atoms with van der Waals surface area (Å²) in [5.74, 6) is 1.15. The molecule has 0 fully saturated rings. The molecule has 0 saturated carbocycles. The van der Waals surface area contributed by atoms with Crippen LogP contribution in [0.25, 0.3) is 11.0 Å².